The molecule has 4 rings (SSSR count). The molecule has 0 radical (unpaired) electrons. The maximum Gasteiger partial charge on any atom is 0.350 e. The van der Waals surface area contributed by atoms with Crippen LogP contribution in [-0.2, 0) is 23.0 Å². The lowest BCUT2D eigenvalue weighted by atomic mass is 10.3. The summed E-state index contributed by atoms with van der Waals surface area (Å²) in [4.78, 5) is 13.9. The molecule has 0 amide bonds. The molecule has 2 aromatic heterocycles. The largest absolute Gasteiger partial charge is 0.350 e. The van der Waals surface area contributed by atoms with E-state index < -0.39 is 10.0 Å². The summed E-state index contributed by atoms with van der Waals surface area (Å²) in [7, 11) is -3.57. The number of hydrogen-bond donors (Lipinski definition) is 1. The van der Waals surface area contributed by atoms with Gasteiger partial charge in [0.15, 0.2) is 0 Å². The third kappa shape index (κ3) is 3.82. The molecule has 1 N–H and O–H groups in total. The summed E-state index contributed by atoms with van der Waals surface area (Å²) < 4.78 is 30.7. The van der Waals surface area contributed by atoms with Crippen LogP contribution < -0.4 is 10.4 Å². The zero-order chi connectivity index (χ0) is 19.7. The van der Waals surface area contributed by atoms with Gasteiger partial charge in [0.25, 0.3) is 0 Å². The van der Waals surface area contributed by atoms with Gasteiger partial charge in [-0.25, -0.2) is 27.2 Å². The average Bonchev–Trinajstić information content (AvgIpc) is 3.32. The van der Waals surface area contributed by atoms with E-state index in [1.807, 2.05) is 43.3 Å². The number of nitrogens with zero attached hydrogens (tertiary/aromatic N) is 3. The van der Waals surface area contributed by atoms with E-state index in [1.165, 1.54) is 16.0 Å². The molecule has 1 fully saturated rings. The Hall–Kier alpha value is -2.23. The zero-order valence-electron chi connectivity index (χ0n) is 15.5. The lowest BCUT2D eigenvalue weighted by molar-refractivity contribution is 0.551. The second-order valence-corrected chi connectivity index (χ2v) is 9.94. The van der Waals surface area contributed by atoms with Gasteiger partial charge in [-0.1, -0.05) is 25.1 Å². The molecule has 1 saturated carbocycles. The SMILES string of the molecule is CCc1ccc(S(=O)(=O)NCCn2nc(C3CC3)n(-c3ccccc3)c2=O)s1. The molecule has 0 unspecified atom stereocenters. The third-order valence-corrected chi connectivity index (χ3v) is 7.87. The predicted molar refractivity (Wildman–Crippen MR) is 109 cm³/mol. The normalized spacial score (nSPS) is 14.5. The fraction of sp³-hybridized carbons (Fsp3) is 0.368. The predicted octanol–water partition coefficient (Wildman–Crippen LogP) is 2.51. The number of nitrogens with one attached hydrogen (secondary N) is 1. The number of aryl methyl sites for hydroxylation is 1. The third-order valence-electron chi connectivity index (χ3n) is 4.69. The number of hydrogen-bond acceptors (Lipinski definition) is 5. The van der Waals surface area contributed by atoms with Crippen LogP contribution in [-0.4, -0.2) is 29.3 Å². The summed E-state index contributed by atoms with van der Waals surface area (Å²) in [5, 5.41) is 4.49. The standard InChI is InChI=1S/C19H22N4O3S2/c1-2-16-10-11-17(27-16)28(25,26)20-12-13-22-19(24)23(15-6-4-3-5-7-15)18(21-22)14-8-9-14/h3-7,10-11,14,20H,2,8-9,12-13H2,1H3. The highest BCUT2D eigenvalue weighted by Gasteiger charge is 2.31. The molecule has 7 nitrogen and oxygen atoms in total. The molecule has 1 aliphatic carbocycles. The Kier molecular flexibility index (Phi) is 5.22. The van der Waals surface area contributed by atoms with Crippen LogP contribution in [0.5, 0.6) is 0 Å². The van der Waals surface area contributed by atoms with Gasteiger partial charge >= 0.3 is 5.69 Å². The molecule has 0 spiro atoms. The highest BCUT2D eigenvalue weighted by atomic mass is 32.2. The minimum atomic E-state index is -3.57. The van der Waals surface area contributed by atoms with E-state index in [4.69, 9.17) is 0 Å². The first-order chi connectivity index (χ1) is 13.5. The number of para-hydroxylation sites is 1. The minimum absolute atomic E-state index is 0.109. The van der Waals surface area contributed by atoms with Crippen LogP contribution >= 0.6 is 11.3 Å². The van der Waals surface area contributed by atoms with Gasteiger partial charge in [0.05, 0.1) is 12.2 Å². The molecule has 0 saturated heterocycles. The Bertz CT molecular complexity index is 1130. The molecule has 28 heavy (non-hydrogen) atoms. The minimum Gasteiger partial charge on any atom is -0.247 e. The van der Waals surface area contributed by atoms with Crippen LogP contribution in [0.1, 0.15) is 36.4 Å². The summed E-state index contributed by atoms with van der Waals surface area (Å²) >= 11 is 1.27. The average molecular weight is 419 g/mol. The van der Waals surface area contributed by atoms with Gasteiger partial charge in [0, 0.05) is 17.3 Å². The van der Waals surface area contributed by atoms with Crippen molar-refractivity contribution >= 4 is 21.4 Å². The summed E-state index contributed by atoms with van der Waals surface area (Å²) in [6.07, 6.45) is 2.85. The van der Waals surface area contributed by atoms with Crippen molar-refractivity contribution in [2.45, 2.75) is 42.9 Å². The maximum atomic E-state index is 12.9. The van der Waals surface area contributed by atoms with Gasteiger partial charge < -0.3 is 0 Å². The number of rotatable bonds is 8. The second-order valence-electron chi connectivity index (χ2n) is 6.78. The lowest BCUT2D eigenvalue weighted by Crippen LogP contribution is -2.31. The van der Waals surface area contributed by atoms with Crippen molar-refractivity contribution in [3.8, 4) is 5.69 Å². The van der Waals surface area contributed by atoms with Gasteiger partial charge in [-0.05, 0) is 43.5 Å². The molecule has 1 aromatic carbocycles. The van der Waals surface area contributed by atoms with Crippen molar-refractivity contribution in [2.75, 3.05) is 6.54 Å². The second kappa shape index (κ2) is 7.65. The monoisotopic (exact) mass is 418 g/mol. The Morgan fingerprint density at radius 1 is 1.18 bits per heavy atom. The first-order valence-corrected chi connectivity index (χ1v) is 11.6. The number of aromatic nitrogens is 3. The Morgan fingerprint density at radius 3 is 2.57 bits per heavy atom. The van der Waals surface area contributed by atoms with Crippen LogP contribution in [0, 0.1) is 0 Å². The van der Waals surface area contributed by atoms with E-state index in [0.717, 1.165) is 35.7 Å². The molecule has 0 bridgehead atoms. The molecule has 2 heterocycles. The van der Waals surface area contributed by atoms with Gasteiger partial charge in [-0.3, -0.25) is 0 Å². The van der Waals surface area contributed by atoms with Crippen molar-refractivity contribution in [1.29, 1.82) is 0 Å². The highest BCUT2D eigenvalue weighted by Crippen LogP contribution is 2.39. The topological polar surface area (TPSA) is 86.0 Å². The highest BCUT2D eigenvalue weighted by molar-refractivity contribution is 7.91. The van der Waals surface area contributed by atoms with Crippen molar-refractivity contribution in [2.24, 2.45) is 0 Å². The molecule has 0 atom stereocenters. The molecule has 0 aliphatic heterocycles. The first-order valence-electron chi connectivity index (χ1n) is 9.33. The van der Waals surface area contributed by atoms with Crippen LogP contribution in [0.15, 0.2) is 51.5 Å². The van der Waals surface area contributed by atoms with Gasteiger partial charge in [-0.2, -0.15) is 5.10 Å². The molecule has 148 valence electrons. The van der Waals surface area contributed by atoms with Crippen LogP contribution in [0.2, 0.25) is 0 Å². The molecule has 3 aromatic rings. The fourth-order valence-electron chi connectivity index (χ4n) is 3.05. The quantitative estimate of drug-likeness (QED) is 0.609. The van der Waals surface area contributed by atoms with Crippen LogP contribution in [0.4, 0.5) is 0 Å². The maximum absolute atomic E-state index is 12.9. The summed E-state index contributed by atoms with van der Waals surface area (Å²) in [6, 6.07) is 12.9. The smallest absolute Gasteiger partial charge is 0.247 e. The van der Waals surface area contributed by atoms with E-state index in [9.17, 15) is 13.2 Å². The Morgan fingerprint density at radius 2 is 1.93 bits per heavy atom. The first kappa shape index (κ1) is 19.1. The zero-order valence-corrected chi connectivity index (χ0v) is 17.2. The lowest BCUT2D eigenvalue weighted by Gasteiger charge is -2.04. The fourth-order valence-corrected chi connectivity index (χ4v) is 5.41. The Labute approximate surface area is 167 Å². The van der Waals surface area contributed by atoms with Gasteiger partial charge in [0.1, 0.15) is 10.0 Å². The van der Waals surface area contributed by atoms with E-state index in [2.05, 4.69) is 9.82 Å². The number of benzene rings is 1. The summed E-state index contributed by atoms with van der Waals surface area (Å²) in [5.41, 5.74) is 0.545. The summed E-state index contributed by atoms with van der Waals surface area (Å²) in [6.45, 7) is 2.28. The van der Waals surface area contributed by atoms with Crippen molar-refractivity contribution in [1.82, 2.24) is 19.1 Å². The molecular weight excluding hydrogens is 396 g/mol. The summed E-state index contributed by atoms with van der Waals surface area (Å²) in [5.74, 6) is 1.05. The molecule has 9 heteroatoms. The van der Waals surface area contributed by atoms with Crippen molar-refractivity contribution in [3.63, 3.8) is 0 Å². The van der Waals surface area contributed by atoms with Crippen LogP contribution in [0.3, 0.4) is 0 Å². The van der Waals surface area contributed by atoms with E-state index in [1.54, 1.807) is 10.6 Å². The molecular formula is C19H22N4O3S2. The number of thiophene rings is 1. The van der Waals surface area contributed by atoms with Gasteiger partial charge in [-0.15, -0.1) is 11.3 Å². The van der Waals surface area contributed by atoms with E-state index in [-0.39, 0.29) is 18.8 Å². The van der Waals surface area contributed by atoms with Crippen molar-refractivity contribution in [3.05, 3.63) is 63.7 Å². The number of sulfonamides is 1. The van der Waals surface area contributed by atoms with Crippen LogP contribution in [0.25, 0.3) is 5.69 Å². The van der Waals surface area contributed by atoms with Gasteiger partial charge in [0.2, 0.25) is 10.0 Å². The van der Waals surface area contributed by atoms with E-state index >= 15 is 0 Å². The molecule has 1 aliphatic rings. The van der Waals surface area contributed by atoms with Crippen molar-refractivity contribution < 1.29 is 8.42 Å². The van der Waals surface area contributed by atoms with E-state index in [0.29, 0.717) is 10.1 Å². The Balaban J connectivity index is 1.52.